The van der Waals surface area contributed by atoms with Gasteiger partial charge in [-0.2, -0.15) is 0 Å². The number of anilines is 2. The van der Waals surface area contributed by atoms with Crippen LogP contribution in [0.4, 0.5) is 15.9 Å². The van der Waals surface area contributed by atoms with Gasteiger partial charge in [-0.25, -0.2) is 14.4 Å². The predicted octanol–water partition coefficient (Wildman–Crippen LogP) is 4.41. The van der Waals surface area contributed by atoms with E-state index in [1.807, 2.05) is 13.0 Å². The Balaban J connectivity index is 1.83. The van der Waals surface area contributed by atoms with Crippen molar-refractivity contribution in [3.05, 3.63) is 64.3 Å². The lowest BCUT2D eigenvalue weighted by Crippen LogP contribution is -2.05. The quantitative estimate of drug-likeness (QED) is 0.753. The van der Waals surface area contributed by atoms with Crippen LogP contribution in [0.3, 0.4) is 0 Å². The van der Waals surface area contributed by atoms with Crippen LogP contribution in [0, 0.1) is 12.7 Å². The van der Waals surface area contributed by atoms with E-state index in [-0.39, 0.29) is 11.4 Å². The van der Waals surface area contributed by atoms with Gasteiger partial charge in [-0.05, 0) is 36.8 Å². The largest absolute Gasteiger partial charge is 0.370 e. The Kier molecular flexibility index (Phi) is 4.07. The number of hydrogen-bond donors (Lipinski definition) is 1. The van der Waals surface area contributed by atoms with Gasteiger partial charge < -0.3 is 10.1 Å². The van der Waals surface area contributed by atoms with Crippen LogP contribution in [-0.4, -0.2) is 15.0 Å². The van der Waals surface area contributed by atoms with Gasteiger partial charge in [-0.1, -0.05) is 11.6 Å². The van der Waals surface area contributed by atoms with Gasteiger partial charge in [-0.15, -0.1) is 0 Å². The molecule has 25 heavy (non-hydrogen) atoms. The fourth-order valence-electron chi connectivity index (χ4n) is 2.69. The summed E-state index contributed by atoms with van der Waals surface area (Å²) in [4.78, 5) is 13.1. The molecule has 4 rings (SSSR count). The van der Waals surface area contributed by atoms with E-state index >= 15 is 0 Å². The van der Waals surface area contributed by atoms with E-state index in [0.717, 1.165) is 22.5 Å². The highest BCUT2D eigenvalue weighted by molar-refractivity contribution is 6.30. The van der Waals surface area contributed by atoms with Crippen molar-refractivity contribution < 1.29 is 9.13 Å². The number of hydrogen-bond acceptors (Lipinski definition) is 5. The highest BCUT2D eigenvalue weighted by Gasteiger charge is 2.22. The number of halogens is 2. The summed E-state index contributed by atoms with van der Waals surface area (Å²) in [5, 5.41) is 3.72. The zero-order chi connectivity index (χ0) is 17.4. The molecule has 3 aromatic rings. The Labute approximate surface area is 148 Å². The molecule has 0 saturated heterocycles. The van der Waals surface area contributed by atoms with E-state index in [0.29, 0.717) is 24.1 Å². The molecule has 7 heteroatoms. The number of nitrogens with zero attached hydrogens (tertiary/aromatic N) is 3. The molecule has 126 valence electrons. The standard InChI is InChI=1S/C18H14ClFN4O/c1-10-7-21-5-4-15(10)22-18-13-8-25-9-16(13)23-17(24-18)12-6-11(19)2-3-14(12)20/h2-7H,8-9H2,1H3,(H,21,22,23,24). The van der Waals surface area contributed by atoms with Crippen LogP contribution >= 0.6 is 11.6 Å². The number of pyridine rings is 1. The maximum absolute atomic E-state index is 14.2. The van der Waals surface area contributed by atoms with Gasteiger partial charge in [0.05, 0.1) is 24.5 Å². The van der Waals surface area contributed by atoms with Crippen molar-refractivity contribution >= 4 is 23.1 Å². The van der Waals surface area contributed by atoms with E-state index in [9.17, 15) is 4.39 Å². The molecule has 1 aliphatic rings. The molecular weight excluding hydrogens is 343 g/mol. The molecule has 3 heterocycles. The third-order valence-electron chi connectivity index (χ3n) is 4.02. The molecule has 0 radical (unpaired) electrons. The topological polar surface area (TPSA) is 59.9 Å². The lowest BCUT2D eigenvalue weighted by Gasteiger charge is -2.13. The summed E-state index contributed by atoms with van der Waals surface area (Å²) in [5.74, 6) is 0.457. The monoisotopic (exact) mass is 356 g/mol. The summed E-state index contributed by atoms with van der Waals surface area (Å²) in [7, 11) is 0. The van der Waals surface area contributed by atoms with Crippen molar-refractivity contribution in [3.63, 3.8) is 0 Å². The first-order valence-corrected chi connectivity index (χ1v) is 8.10. The smallest absolute Gasteiger partial charge is 0.164 e. The van der Waals surface area contributed by atoms with Crippen LogP contribution in [0.5, 0.6) is 0 Å². The van der Waals surface area contributed by atoms with E-state index in [4.69, 9.17) is 16.3 Å². The van der Waals surface area contributed by atoms with Gasteiger partial charge in [0.25, 0.3) is 0 Å². The molecule has 1 N–H and O–H groups in total. The van der Waals surface area contributed by atoms with Gasteiger partial charge in [0.1, 0.15) is 11.6 Å². The average Bonchev–Trinajstić information content (AvgIpc) is 3.08. The summed E-state index contributed by atoms with van der Waals surface area (Å²) >= 11 is 6.00. The summed E-state index contributed by atoms with van der Waals surface area (Å²) < 4.78 is 19.7. The second-order valence-corrected chi connectivity index (χ2v) is 6.19. The Morgan fingerprint density at radius 2 is 2.08 bits per heavy atom. The molecule has 1 aliphatic heterocycles. The second kappa shape index (κ2) is 6.38. The fourth-order valence-corrected chi connectivity index (χ4v) is 2.86. The molecule has 0 atom stereocenters. The minimum Gasteiger partial charge on any atom is -0.370 e. The Hall–Kier alpha value is -2.57. The number of fused-ring (bicyclic) bond motifs is 1. The van der Waals surface area contributed by atoms with Crippen LogP contribution < -0.4 is 5.32 Å². The van der Waals surface area contributed by atoms with E-state index in [1.165, 1.54) is 18.2 Å². The van der Waals surface area contributed by atoms with Crippen LogP contribution in [0.1, 0.15) is 16.8 Å². The SMILES string of the molecule is Cc1cnccc1Nc1nc(-c2cc(Cl)ccc2F)nc2c1COC2. The van der Waals surface area contributed by atoms with Crippen molar-refractivity contribution in [2.75, 3.05) is 5.32 Å². The van der Waals surface area contributed by atoms with E-state index in [2.05, 4.69) is 20.3 Å². The first-order chi connectivity index (χ1) is 12.1. The lowest BCUT2D eigenvalue weighted by molar-refractivity contribution is 0.133. The minimum absolute atomic E-state index is 0.261. The molecule has 0 bridgehead atoms. The zero-order valence-corrected chi connectivity index (χ0v) is 14.1. The number of aryl methyl sites for hydroxylation is 1. The third kappa shape index (κ3) is 3.06. The van der Waals surface area contributed by atoms with Crippen LogP contribution in [0.2, 0.25) is 5.02 Å². The van der Waals surface area contributed by atoms with Gasteiger partial charge in [0.15, 0.2) is 5.82 Å². The maximum Gasteiger partial charge on any atom is 0.164 e. The molecule has 0 unspecified atom stereocenters. The average molecular weight is 357 g/mol. The summed E-state index contributed by atoms with van der Waals surface area (Å²) in [6.07, 6.45) is 3.46. The molecule has 0 aliphatic carbocycles. The van der Waals surface area contributed by atoms with E-state index < -0.39 is 5.82 Å². The van der Waals surface area contributed by atoms with Crippen molar-refractivity contribution in [3.8, 4) is 11.4 Å². The first kappa shape index (κ1) is 15.9. The molecule has 2 aromatic heterocycles. The molecule has 0 amide bonds. The minimum atomic E-state index is -0.422. The Bertz CT molecular complexity index is 964. The van der Waals surface area contributed by atoms with Crippen molar-refractivity contribution in [2.45, 2.75) is 20.1 Å². The zero-order valence-electron chi connectivity index (χ0n) is 13.4. The van der Waals surface area contributed by atoms with Crippen molar-refractivity contribution in [2.24, 2.45) is 0 Å². The Morgan fingerprint density at radius 1 is 1.20 bits per heavy atom. The van der Waals surface area contributed by atoms with Crippen molar-refractivity contribution in [1.29, 1.82) is 0 Å². The third-order valence-corrected chi connectivity index (χ3v) is 4.26. The Morgan fingerprint density at radius 3 is 2.92 bits per heavy atom. The lowest BCUT2D eigenvalue weighted by atomic mass is 10.1. The van der Waals surface area contributed by atoms with Gasteiger partial charge in [0, 0.05) is 28.7 Å². The highest BCUT2D eigenvalue weighted by atomic mass is 35.5. The summed E-state index contributed by atoms with van der Waals surface area (Å²) in [6, 6.07) is 6.19. The first-order valence-electron chi connectivity index (χ1n) is 7.72. The number of nitrogens with one attached hydrogen (secondary N) is 1. The molecular formula is C18H14ClFN4O. The molecule has 0 fully saturated rings. The van der Waals surface area contributed by atoms with Crippen LogP contribution in [0.25, 0.3) is 11.4 Å². The van der Waals surface area contributed by atoms with Gasteiger partial charge in [-0.3, -0.25) is 4.98 Å². The van der Waals surface area contributed by atoms with Crippen LogP contribution in [0.15, 0.2) is 36.7 Å². The normalized spacial score (nSPS) is 12.9. The number of aromatic nitrogens is 3. The number of rotatable bonds is 3. The van der Waals surface area contributed by atoms with E-state index in [1.54, 1.807) is 12.4 Å². The second-order valence-electron chi connectivity index (χ2n) is 5.75. The van der Waals surface area contributed by atoms with Gasteiger partial charge >= 0.3 is 0 Å². The fraction of sp³-hybridized carbons (Fsp3) is 0.167. The molecule has 5 nitrogen and oxygen atoms in total. The predicted molar refractivity (Wildman–Crippen MR) is 93.2 cm³/mol. The summed E-state index contributed by atoms with van der Waals surface area (Å²) in [6.45, 7) is 2.74. The van der Waals surface area contributed by atoms with Gasteiger partial charge in [0.2, 0.25) is 0 Å². The molecule has 1 aromatic carbocycles. The molecule has 0 spiro atoms. The molecule has 0 saturated carbocycles. The van der Waals surface area contributed by atoms with Crippen LogP contribution in [-0.2, 0) is 18.0 Å². The number of benzene rings is 1. The highest BCUT2D eigenvalue weighted by Crippen LogP contribution is 2.32. The number of ether oxygens (including phenoxy) is 1. The van der Waals surface area contributed by atoms with Crippen molar-refractivity contribution in [1.82, 2.24) is 15.0 Å². The summed E-state index contributed by atoms with van der Waals surface area (Å²) in [5.41, 5.74) is 3.74. The maximum atomic E-state index is 14.2.